The molecular weight excluding hydrogens is 302 g/mol. The third-order valence-corrected chi connectivity index (χ3v) is 2.91. The smallest absolute Gasteiger partial charge is 0.341 e. The fraction of sp³-hybridized carbons (Fsp3) is 0.167. The standard InChI is InChI=1S/C12H10BrNO4/c1-17-9-5-7(13)3-6-4-8(12(15)16)11(18-2)14-10(6)9/h3-5H,1-2H3,(H,15,16). The number of carboxylic acid groups (broad SMARTS) is 1. The Morgan fingerprint density at radius 2 is 2.00 bits per heavy atom. The van der Waals surface area contributed by atoms with Crippen molar-refractivity contribution in [1.29, 1.82) is 0 Å². The molecule has 18 heavy (non-hydrogen) atoms. The van der Waals surface area contributed by atoms with Gasteiger partial charge in [-0.2, -0.15) is 0 Å². The van der Waals surface area contributed by atoms with Crippen LogP contribution in [0.2, 0.25) is 0 Å². The molecule has 6 heteroatoms. The SMILES string of the molecule is COc1nc2c(OC)cc(Br)cc2cc1C(=O)O. The maximum atomic E-state index is 11.1. The highest BCUT2D eigenvalue weighted by Gasteiger charge is 2.16. The van der Waals surface area contributed by atoms with Crippen LogP contribution in [0.15, 0.2) is 22.7 Å². The summed E-state index contributed by atoms with van der Waals surface area (Å²) in [6, 6.07) is 5.04. The molecule has 94 valence electrons. The van der Waals surface area contributed by atoms with Crippen molar-refractivity contribution >= 4 is 32.8 Å². The van der Waals surface area contributed by atoms with Crippen molar-refractivity contribution in [3.05, 3.63) is 28.2 Å². The molecule has 2 rings (SSSR count). The van der Waals surface area contributed by atoms with Gasteiger partial charge in [-0.25, -0.2) is 9.78 Å². The first kappa shape index (κ1) is 12.6. The van der Waals surface area contributed by atoms with E-state index in [0.29, 0.717) is 16.7 Å². The number of hydrogen-bond donors (Lipinski definition) is 1. The maximum Gasteiger partial charge on any atom is 0.341 e. The fourth-order valence-corrected chi connectivity index (χ4v) is 2.12. The normalized spacial score (nSPS) is 10.4. The topological polar surface area (TPSA) is 68.7 Å². The van der Waals surface area contributed by atoms with Crippen molar-refractivity contribution in [2.24, 2.45) is 0 Å². The Balaban J connectivity index is 2.82. The Morgan fingerprint density at radius 1 is 1.28 bits per heavy atom. The first-order chi connectivity index (χ1) is 8.56. The van der Waals surface area contributed by atoms with E-state index in [1.165, 1.54) is 20.3 Å². The number of aromatic nitrogens is 1. The first-order valence-electron chi connectivity index (χ1n) is 5.02. The van der Waals surface area contributed by atoms with Crippen molar-refractivity contribution in [1.82, 2.24) is 4.98 Å². The number of ether oxygens (including phenoxy) is 2. The zero-order chi connectivity index (χ0) is 13.3. The number of aromatic carboxylic acids is 1. The van der Waals surface area contributed by atoms with Gasteiger partial charge in [-0.1, -0.05) is 15.9 Å². The van der Waals surface area contributed by atoms with Gasteiger partial charge in [-0.15, -0.1) is 0 Å². The van der Waals surface area contributed by atoms with E-state index in [1.807, 2.05) is 0 Å². The van der Waals surface area contributed by atoms with Gasteiger partial charge in [0.05, 0.1) is 14.2 Å². The minimum absolute atomic E-state index is 0.0187. The number of benzene rings is 1. The highest BCUT2D eigenvalue weighted by molar-refractivity contribution is 9.10. The molecular formula is C12H10BrNO4. The molecule has 1 aromatic carbocycles. The molecule has 0 aliphatic carbocycles. The van der Waals surface area contributed by atoms with E-state index in [-0.39, 0.29) is 11.4 Å². The third-order valence-electron chi connectivity index (χ3n) is 2.46. The van der Waals surface area contributed by atoms with Crippen LogP contribution in [0.25, 0.3) is 10.9 Å². The lowest BCUT2D eigenvalue weighted by Gasteiger charge is -2.09. The lowest BCUT2D eigenvalue weighted by atomic mass is 10.1. The molecule has 0 aliphatic heterocycles. The molecule has 1 heterocycles. The average Bonchev–Trinajstić information content (AvgIpc) is 2.35. The van der Waals surface area contributed by atoms with Crippen LogP contribution >= 0.6 is 15.9 Å². The monoisotopic (exact) mass is 311 g/mol. The van der Waals surface area contributed by atoms with Crippen LogP contribution in [-0.4, -0.2) is 30.3 Å². The highest BCUT2D eigenvalue weighted by atomic mass is 79.9. The molecule has 0 aliphatic rings. The van der Waals surface area contributed by atoms with Gasteiger partial charge in [0.1, 0.15) is 16.8 Å². The van der Waals surface area contributed by atoms with Crippen LogP contribution in [0, 0.1) is 0 Å². The Morgan fingerprint density at radius 3 is 2.56 bits per heavy atom. The van der Waals surface area contributed by atoms with Gasteiger partial charge in [0.15, 0.2) is 0 Å². The van der Waals surface area contributed by atoms with Crippen molar-refractivity contribution in [3.8, 4) is 11.6 Å². The Kier molecular flexibility index (Phi) is 3.38. The van der Waals surface area contributed by atoms with Gasteiger partial charge < -0.3 is 14.6 Å². The van der Waals surface area contributed by atoms with Gasteiger partial charge in [0.25, 0.3) is 0 Å². The number of carbonyl (C=O) groups is 1. The maximum absolute atomic E-state index is 11.1. The van der Waals surface area contributed by atoms with Crippen molar-refractivity contribution in [3.63, 3.8) is 0 Å². The molecule has 2 aromatic rings. The summed E-state index contributed by atoms with van der Waals surface area (Å²) in [7, 11) is 2.91. The van der Waals surface area contributed by atoms with E-state index in [0.717, 1.165) is 4.47 Å². The second kappa shape index (κ2) is 4.81. The van der Waals surface area contributed by atoms with Crippen molar-refractivity contribution in [2.75, 3.05) is 14.2 Å². The van der Waals surface area contributed by atoms with Gasteiger partial charge in [-0.3, -0.25) is 0 Å². The van der Waals surface area contributed by atoms with E-state index in [2.05, 4.69) is 20.9 Å². The van der Waals surface area contributed by atoms with E-state index >= 15 is 0 Å². The number of fused-ring (bicyclic) bond motifs is 1. The minimum atomic E-state index is -1.08. The minimum Gasteiger partial charge on any atom is -0.494 e. The first-order valence-corrected chi connectivity index (χ1v) is 5.81. The number of halogens is 1. The fourth-order valence-electron chi connectivity index (χ4n) is 1.67. The Bertz CT molecular complexity index is 627. The molecule has 1 N–H and O–H groups in total. The summed E-state index contributed by atoms with van der Waals surface area (Å²) in [6.45, 7) is 0. The van der Waals surface area contributed by atoms with Gasteiger partial charge >= 0.3 is 5.97 Å². The molecule has 0 spiro atoms. The molecule has 0 atom stereocenters. The average molecular weight is 312 g/mol. The number of carboxylic acids is 1. The summed E-state index contributed by atoms with van der Waals surface area (Å²) < 4.78 is 11.0. The number of hydrogen-bond acceptors (Lipinski definition) is 4. The predicted octanol–water partition coefficient (Wildman–Crippen LogP) is 2.71. The lowest BCUT2D eigenvalue weighted by Crippen LogP contribution is -2.03. The van der Waals surface area contributed by atoms with Gasteiger partial charge in [-0.05, 0) is 18.2 Å². The molecule has 0 fully saturated rings. The summed E-state index contributed by atoms with van der Waals surface area (Å²) >= 11 is 3.33. The predicted molar refractivity (Wildman–Crippen MR) is 69.5 cm³/mol. The van der Waals surface area contributed by atoms with Crippen LogP contribution in [0.1, 0.15) is 10.4 Å². The molecule has 0 unspecified atom stereocenters. The van der Waals surface area contributed by atoms with E-state index in [4.69, 9.17) is 14.6 Å². The Labute approximate surface area is 111 Å². The van der Waals surface area contributed by atoms with E-state index < -0.39 is 5.97 Å². The lowest BCUT2D eigenvalue weighted by molar-refractivity contribution is 0.0692. The number of pyridine rings is 1. The van der Waals surface area contributed by atoms with Crippen molar-refractivity contribution < 1.29 is 19.4 Å². The van der Waals surface area contributed by atoms with Gasteiger partial charge in [0.2, 0.25) is 5.88 Å². The molecule has 0 saturated heterocycles. The molecule has 0 saturated carbocycles. The molecule has 0 bridgehead atoms. The molecule has 0 amide bonds. The molecule has 0 radical (unpaired) electrons. The van der Waals surface area contributed by atoms with E-state index in [1.54, 1.807) is 12.1 Å². The van der Waals surface area contributed by atoms with Crippen LogP contribution in [0.5, 0.6) is 11.6 Å². The van der Waals surface area contributed by atoms with Crippen molar-refractivity contribution in [2.45, 2.75) is 0 Å². The zero-order valence-electron chi connectivity index (χ0n) is 9.73. The zero-order valence-corrected chi connectivity index (χ0v) is 11.3. The van der Waals surface area contributed by atoms with Crippen LogP contribution in [0.3, 0.4) is 0 Å². The Hall–Kier alpha value is -1.82. The summed E-state index contributed by atoms with van der Waals surface area (Å²) in [5.41, 5.74) is 0.577. The third kappa shape index (κ3) is 2.11. The summed E-state index contributed by atoms with van der Waals surface area (Å²) in [5.74, 6) is -0.467. The van der Waals surface area contributed by atoms with E-state index in [9.17, 15) is 4.79 Å². The summed E-state index contributed by atoms with van der Waals surface area (Å²) in [6.07, 6.45) is 0. The largest absolute Gasteiger partial charge is 0.494 e. The molecule has 1 aromatic heterocycles. The highest BCUT2D eigenvalue weighted by Crippen LogP contribution is 2.32. The second-order valence-electron chi connectivity index (χ2n) is 3.53. The van der Waals surface area contributed by atoms with Crippen LogP contribution in [-0.2, 0) is 0 Å². The summed E-state index contributed by atoms with van der Waals surface area (Å²) in [5, 5.41) is 9.76. The van der Waals surface area contributed by atoms with Gasteiger partial charge in [0, 0.05) is 9.86 Å². The number of nitrogens with zero attached hydrogens (tertiary/aromatic N) is 1. The van der Waals surface area contributed by atoms with Crippen LogP contribution < -0.4 is 9.47 Å². The quantitative estimate of drug-likeness (QED) is 0.944. The molecule has 5 nitrogen and oxygen atoms in total. The second-order valence-corrected chi connectivity index (χ2v) is 4.45. The number of methoxy groups -OCH3 is 2. The van der Waals surface area contributed by atoms with Crippen LogP contribution in [0.4, 0.5) is 0 Å². The number of rotatable bonds is 3. The summed E-state index contributed by atoms with van der Waals surface area (Å²) in [4.78, 5) is 15.3.